The van der Waals surface area contributed by atoms with E-state index in [4.69, 9.17) is 4.74 Å². The normalized spacial score (nSPS) is 28.8. The average Bonchev–Trinajstić information content (AvgIpc) is 2.37. The zero-order chi connectivity index (χ0) is 15.2. The zero-order valence-electron chi connectivity index (χ0n) is 12.7. The molecule has 0 radical (unpaired) electrons. The minimum absolute atomic E-state index is 0.0631. The summed E-state index contributed by atoms with van der Waals surface area (Å²) in [6, 6.07) is 7.23. The molecule has 1 aromatic rings. The Bertz CT molecular complexity index is 609. The van der Waals surface area contributed by atoms with Crippen molar-refractivity contribution in [2.24, 2.45) is 5.41 Å². The van der Waals surface area contributed by atoms with Crippen LogP contribution in [0.3, 0.4) is 0 Å². The number of sulfone groups is 1. The van der Waals surface area contributed by atoms with Gasteiger partial charge in [-0.05, 0) is 25.5 Å². The summed E-state index contributed by atoms with van der Waals surface area (Å²) in [7, 11) is -1.50. The average molecular weight is 297 g/mol. The van der Waals surface area contributed by atoms with Crippen molar-refractivity contribution in [2.75, 3.05) is 18.7 Å². The number of nitrogens with one attached hydrogen (secondary N) is 1. The van der Waals surface area contributed by atoms with Gasteiger partial charge in [0.15, 0.2) is 9.84 Å². The predicted molar refractivity (Wildman–Crippen MR) is 80.8 cm³/mol. The molecular weight excluding hydrogens is 274 g/mol. The summed E-state index contributed by atoms with van der Waals surface area (Å²) in [6.45, 7) is 6.37. The third-order valence-electron chi connectivity index (χ3n) is 4.89. The number of benzene rings is 1. The van der Waals surface area contributed by atoms with Crippen molar-refractivity contribution in [2.45, 2.75) is 43.7 Å². The molecule has 1 saturated carbocycles. The fourth-order valence-corrected chi connectivity index (χ4v) is 3.67. The molecule has 20 heavy (non-hydrogen) atoms. The van der Waals surface area contributed by atoms with Gasteiger partial charge in [0.25, 0.3) is 0 Å². The van der Waals surface area contributed by atoms with Gasteiger partial charge in [-0.15, -0.1) is 0 Å². The van der Waals surface area contributed by atoms with Gasteiger partial charge in [0, 0.05) is 24.8 Å². The van der Waals surface area contributed by atoms with Crippen LogP contribution in [0.4, 0.5) is 5.69 Å². The van der Waals surface area contributed by atoms with Gasteiger partial charge in [-0.1, -0.05) is 26.0 Å². The highest BCUT2D eigenvalue weighted by atomic mass is 32.2. The highest BCUT2D eigenvalue weighted by Crippen LogP contribution is 2.52. The van der Waals surface area contributed by atoms with Crippen LogP contribution in [0.2, 0.25) is 0 Å². The van der Waals surface area contributed by atoms with Gasteiger partial charge in [0.2, 0.25) is 0 Å². The Morgan fingerprint density at radius 1 is 1.25 bits per heavy atom. The molecule has 2 atom stereocenters. The second-order valence-electron chi connectivity index (χ2n) is 6.33. The highest BCUT2D eigenvalue weighted by Gasteiger charge is 2.57. The second kappa shape index (κ2) is 4.74. The number of methoxy groups -OCH3 is 1. The maximum atomic E-state index is 11.8. The first-order valence-corrected chi connectivity index (χ1v) is 8.62. The van der Waals surface area contributed by atoms with Gasteiger partial charge in [0.05, 0.1) is 16.2 Å². The molecule has 0 aromatic heterocycles. The molecule has 0 unspecified atom stereocenters. The number of anilines is 1. The topological polar surface area (TPSA) is 55.4 Å². The van der Waals surface area contributed by atoms with Crippen LogP contribution < -0.4 is 5.32 Å². The van der Waals surface area contributed by atoms with Crippen molar-refractivity contribution < 1.29 is 13.2 Å². The van der Waals surface area contributed by atoms with Crippen LogP contribution in [0.5, 0.6) is 0 Å². The fraction of sp³-hybridized carbons (Fsp3) is 0.600. The number of hydrogen-bond acceptors (Lipinski definition) is 4. The predicted octanol–water partition coefficient (Wildman–Crippen LogP) is 2.71. The standard InChI is InChI=1S/C15H23NO3S/c1-14(2)13(10-15(14,3)19-4)16-11-8-6-7-9-12(11)20(5,17)18/h6-9,13,16H,10H2,1-5H3/t13-,15-/m1/s1. The minimum atomic E-state index is -3.23. The SMILES string of the molecule is CO[C@]1(C)C[C@@H](Nc2ccccc2S(C)(=O)=O)C1(C)C. The zero-order valence-corrected chi connectivity index (χ0v) is 13.5. The summed E-state index contributed by atoms with van der Waals surface area (Å²) < 4.78 is 29.2. The van der Waals surface area contributed by atoms with Crippen LogP contribution in [0.25, 0.3) is 0 Å². The summed E-state index contributed by atoms with van der Waals surface area (Å²) >= 11 is 0. The van der Waals surface area contributed by atoms with Crippen molar-refractivity contribution >= 4 is 15.5 Å². The molecule has 0 aliphatic heterocycles. The lowest BCUT2D eigenvalue weighted by molar-refractivity contribution is -0.166. The lowest BCUT2D eigenvalue weighted by atomic mass is 9.56. The molecule has 4 nitrogen and oxygen atoms in total. The maximum Gasteiger partial charge on any atom is 0.177 e. The fourth-order valence-electron chi connectivity index (χ4n) is 2.82. The van der Waals surface area contributed by atoms with Crippen molar-refractivity contribution in [3.05, 3.63) is 24.3 Å². The van der Waals surface area contributed by atoms with Crippen LogP contribution in [-0.2, 0) is 14.6 Å². The Morgan fingerprint density at radius 2 is 1.85 bits per heavy atom. The molecule has 5 heteroatoms. The minimum Gasteiger partial charge on any atom is -0.380 e. The Morgan fingerprint density at radius 3 is 2.35 bits per heavy atom. The number of para-hydroxylation sites is 1. The molecule has 112 valence electrons. The van der Waals surface area contributed by atoms with E-state index in [-0.39, 0.29) is 17.1 Å². The van der Waals surface area contributed by atoms with E-state index in [2.05, 4.69) is 26.1 Å². The van der Waals surface area contributed by atoms with Crippen LogP contribution in [0, 0.1) is 5.41 Å². The van der Waals surface area contributed by atoms with E-state index < -0.39 is 9.84 Å². The van der Waals surface area contributed by atoms with E-state index in [9.17, 15) is 8.42 Å². The molecule has 1 N–H and O–H groups in total. The number of rotatable bonds is 4. The van der Waals surface area contributed by atoms with Gasteiger partial charge in [-0.25, -0.2) is 8.42 Å². The first-order chi connectivity index (χ1) is 9.12. The van der Waals surface area contributed by atoms with Crippen molar-refractivity contribution in [1.29, 1.82) is 0 Å². The van der Waals surface area contributed by atoms with E-state index in [1.54, 1.807) is 19.2 Å². The van der Waals surface area contributed by atoms with E-state index in [0.717, 1.165) is 6.42 Å². The Labute approximate surface area is 121 Å². The third kappa shape index (κ3) is 2.33. The molecule has 2 rings (SSSR count). The first kappa shape index (κ1) is 15.3. The van der Waals surface area contributed by atoms with Gasteiger partial charge in [-0.2, -0.15) is 0 Å². The van der Waals surface area contributed by atoms with Crippen LogP contribution in [0.15, 0.2) is 29.2 Å². The largest absolute Gasteiger partial charge is 0.380 e. The molecule has 1 aromatic carbocycles. The molecule has 0 spiro atoms. The van der Waals surface area contributed by atoms with Crippen LogP contribution in [-0.4, -0.2) is 33.4 Å². The van der Waals surface area contributed by atoms with Gasteiger partial charge in [-0.3, -0.25) is 0 Å². The van der Waals surface area contributed by atoms with E-state index in [1.165, 1.54) is 6.26 Å². The Kier molecular flexibility index (Phi) is 3.63. The van der Waals surface area contributed by atoms with Crippen molar-refractivity contribution in [1.82, 2.24) is 0 Å². The smallest absolute Gasteiger partial charge is 0.177 e. The molecule has 0 bridgehead atoms. The first-order valence-electron chi connectivity index (χ1n) is 6.72. The highest BCUT2D eigenvalue weighted by molar-refractivity contribution is 7.90. The van der Waals surface area contributed by atoms with Gasteiger partial charge in [0.1, 0.15) is 0 Å². The lowest BCUT2D eigenvalue weighted by Crippen LogP contribution is -2.65. The summed E-state index contributed by atoms with van der Waals surface area (Å²) in [4.78, 5) is 0.349. The molecule has 0 amide bonds. The maximum absolute atomic E-state index is 11.8. The molecule has 1 fully saturated rings. The molecule has 0 heterocycles. The van der Waals surface area contributed by atoms with Gasteiger partial charge >= 0.3 is 0 Å². The Hall–Kier alpha value is -1.07. The number of ether oxygens (including phenoxy) is 1. The summed E-state index contributed by atoms with van der Waals surface area (Å²) in [5.74, 6) is 0. The molecular formula is C15H23NO3S. The summed E-state index contributed by atoms with van der Waals surface area (Å²) in [5, 5.41) is 3.37. The number of hydrogen-bond donors (Lipinski definition) is 1. The monoisotopic (exact) mass is 297 g/mol. The molecule has 1 aliphatic rings. The van der Waals surface area contributed by atoms with E-state index >= 15 is 0 Å². The lowest BCUT2D eigenvalue weighted by Gasteiger charge is -2.59. The molecule has 0 saturated heterocycles. The summed E-state index contributed by atoms with van der Waals surface area (Å²) in [5.41, 5.74) is 0.433. The van der Waals surface area contributed by atoms with E-state index in [0.29, 0.717) is 10.6 Å². The summed E-state index contributed by atoms with van der Waals surface area (Å²) in [6.07, 6.45) is 2.09. The van der Waals surface area contributed by atoms with Crippen LogP contribution >= 0.6 is 0 Å². The van der Waals surface area contributed by atoms with E-state index in [1.807, 2.05) is 12.1 Å². The van der Waals surface area contributed by atoms with Gasteiger partial charge < -0.3 is 10.1 Å². The van der Waals surface area contributed by atoms with Crippen LogP contribution in [0.1, 0.15) is 27.2 Å². The second-order valence-corrected chi connectivity index (χ2v) is 8.31. The van der Waals surface area contributed by atoms with Crippen molar-refractivity contribution in [3.63, 3.8) is 0 Å². The quantitative estimate of drug-likeness (QED) is 0.928. The third-order valence-corrected chi connectivity index (χ3v) is 6.05. The molecule has 1 aliphatic carbocycles. The Balaban J connectivity index is 2.26. The van der Waals surface area contributed by atoms with Crippen molar-refractivity contribution in [3.8, 4) is 0 Å².